The van der Waals surface area contributed by atoms with Gasteiger partial charge in [0.05, 0.1) is 18.8 Å². The van der Waals surface area contributed by atoms with Crippen molar-refractivity contribution in [3.05, 3.63) is 0 Å². The summed E-state index contributed by atoms with van der Waals surface area (Å²) in [6, 6.07) is 0. The Morgan fingerprint density at radius 1 is 1.60 bits per heavy atom. The van der Waals surface area contributed by atoms with E-state index < -0.39 is 0 Å². The second kappa shape index (κ2) is 3.91. The van der Waals surface area contributed by atoms with E-state index in [4.69, 9.17) is 9.47 Å². The van der Waals surface area contributed by atoms with Crippen LogP contribution in [0.25, 0.3) is 0 Å². The van der Waals surface area contributed by atoms with Crippen LogP contribution >= 0.6 is 0 Å². The molecule has 0 aliphatic carbocycles. The minimum Gasteiger partial charge on any atom is -0.382 e. The zero-order valence-corrected chi connectivity index (χ0v) is 6.59. The summed E-state index contributed by atoms with van der Waals surface area (Å²) in [4.78, 5) is 0. The van der Waals surface area contributed by atoms with Gasteiger partial charge in [-0.3, -0.25) is 0 Å². The average Bonchev–Trinajstić information content (AvgIpc) is 1.88. The minimum atomic E-state index is 0.244. The Kier molecular flexibility index (Phi) is 3.12. The lowest BCUT2D eigenvalue weighted by molar-refractivity contribution is -0.0602. The van der Waals surface area contributed by atoms with Crippen LogP contribution in [-0.4, -0.2) is 39.0 Å². The van der Waals surface area contributed by atoms with Gasteiger partial charge in [-0.25, -0.2) is 0 Å². The molecule has 0 saturated carbocycles. The first-order valence-corrected chi connectivity index (χ1v) is 3.68. The lowest BCUT2D eigenvalue weighted by Gasteiger charge is -2.27. The molecule has 0 aromatic heterocycles. The Bertz CT molecular complexity index is 95.6. The fourth-order valence-corrected chi connectivity index (χ4v) is 1.16. The molecule has 0 aromatic carbocycles. The highest BCUT2D eigenvalue weighted by molar-refractivity contribution is 4.70. The molecule has 10 heavy (non-hydrogen) atoms. The first-order valence-electron chi connectivity index (χ1n) is 3.68. The van der Waals surface area contributed by atoms with Crippen molar-refractivity contribution in [3.8, 4) is 0 Å². The number of ether oxygens (including phenoxy) is 2. The van der Waals surface area contributed by atoms with Crippen LogP contribution in [0.4, 0.5) is 0 Å². The smallest absolute Gasteiger partial charge is 0.0936 e. The maximum absolute atomic E-state index is 5.54. The minimum absolute atomic E-state index is 0.244. The third-order valence-electron chi connectivity index (χ3n) is 1.58. The molecule has 0 radical (unpaired) electrons. The average molecular weight is 145 g/mol. The van der Waals surface area contributed by atoms with E-state index >= 15 is 0 Å². The van der Waals surface area contributed by atoms with E-state index in [9.17, 15) is 0 Å². The van der Waals surface area contributed by atoms with Gasteiger partial charge in [-0.15, -0.1) is 0 Å². The van der Waals surface area contributed by atoms with Gasteiger partial charge < -0.3 is 14.8 Å². The molecule has 2 atom stereocenters. The van der Waals surface area contributed by atoms with Gasteiger partial charge in [0.1, 0.15) is 0 Å². The molecule has 1 aliphatic rings. The summed E-state index contributed by atoms with van der Waals surface area (Å²) < 4.78 is 10.5. The lowest BCUT2D eigenvalue weighted by Crippen LogP contribution is -2.45. The van der Waals surface area contributed by atoms with Crippen LogP contribution in [0.1, 0.15) is 6.92 Å². The Balaban J connectivity index is 2.18. The molecular weight excluding hydrogens is 130 g/mol. The lowest BCUT2D eigenvalue weighted by atomic mass is 10.2. The van der Waals surface area contributed by atoms with Crippen LogP contribution < -0.4 is 5.32 Å². The van der Waals surface area contributed by atoms with Gasteiger partial charge in [-0.2, -0.15) is 0 Å². The van der Waals surface area contributed by atoms with E-state index in [1.54, 1.807) is 7.11 Å². The highest BCUT2D eigenvalue weighted by atomic mass is 16.5. The Morgan fingerprint density at radius 3 is 3.00 bits per heavy atom. The maximum Gasteiger partial charge on any atom is 0.0936 e. The summed E-state index contributed by atoms with van der Waals surface area (Å²) in [6.07, 6.45) is 0.572. The SMILES string of the molecule is COC[C@H]1CNCC(C)O1. The second-order valence-corrected chi connectivity index (χ2v) is 2.68. The summed E-state index contributed by atoms with van der Waals surface area (Å²) in [5.41, 5.74) is 0. The molecule has 1 aliphatic heterocycles. The second-order valence-electron chi connectivity index (χ2n) is 2.68. The van der Waals surface area contributed by atoms with Crippen molar-refractivity contribution in [3.63, 3.8) is 0 Å². The summed E-state index contributed by atoms with van der Waals surface area (Å²) in [7, 11) is 1.70. The monoisotopic (exact) mass is 145 g/mol. The van der Waals surface area contributed by atoms with Crippen LogP contribution in [0.5, 0.6) is 0 Å². The zero-order valence-electron chi connectivity index (χ0n) is 6.59. The zero-order chi connectivity index (χ0) is 7.40. The number of hydrogen-bond acceptors (Lipinski definition) is 3. The third-order valence-corrected chi connectivity index (χ3v) is 1.58. The molecule has 3 nitrogen and oxygen atoms in total. The molecule has 3 heteroatoms. The molecule has 0 amide bonds. The first kappa shape index (κ1) is 7.98. The molecule has 60 valence electrons. The standard InChI is InChI=1S/C7H15NO2/c1-6-3-8-4-7(10-6)5-9-2/h6-8H,3-5H2,1-2H3/t6?,7-/m1/s1. The molecule has 1 N–H and O–H groups in total. The summed E-state index contributed by atoms with van der Waals surface area (Å²) in [5.74, 6) is 0. The number of nitrogens with one attached hydrogen (secondary N) is 1. The summed E-state index contributed by atoms with van der Waals surface area (Å²) >= 11 is 0. The molecule has 1 saturated heterocycles. The van der Waals surface area contributed by atoms with E-state index in [2.05, 4.69) is 12.2 Å². The van der Waals surface area contributed by atoms with Crippen LogP contribution in [-0.2, 0) is 9.47 Å². The number of methoxy groups -OCH3 is 1. The Labute approximate surface area is 61.7 Å². The highest BCUT2D eigenvalue weighted by Gasteiger charge is 2.17. The maximum atomic E-state index is 5.54. The molecular formula is C7H15NO2. The van der Waals surface area contributed by atoms with Crippen LogP contribution in [0.3, 0.4) is 0 Å². The van der Waals surface area contributed by atoms with E-state index in [-0.39, 0.29) is 6.10 Å². The van der Waals surface area contributed by atoms with Gasteiger partial charge in [-0.05, 0) is 6.92 Å². The van der Waals surface area contributed by atoms with Gasteiger partial charge >= 0.3 is 0 Å². The Morgan fingerprint density at radius 2 is 2.40 bits per heavy atom. The van der Waals surface area contributed by atoms with E-state index in [0.29, 0.717) is 12.7 Å². The molecule has 1 unspecified atom stereocenters. The van der Waals surface area contributed by atoms with Crippen molar-refractivity contribution in [1.29, 1.82) is 0 Å². The number of hydrogen-bond donors (Lipinski definition) is 1. The van der Waals surface area contributed by atoms with Gasteiger partial charge in [0, 0.05) is 20.2 Å². The number of morpholine rings is 1. The first-order chi connectivity index (χ1) is 4.83. The molecule has 1 fully saturated rings. The normalized spacial score (nSPS) is 34.2. The number of rotatable bonds is 2. The largest absolute Gasteiger partial charge is 0.382 e. The molecule has 1 heterocycles. The van der Waals surface area contributed by atoms with E-state index in [0.717, 1.165) is 13.1 Å². The van der Waals surface area contributed by atoms with E-state index in [1.165, 1.54) is 0 Å². The van der Waals surface area contributed by atoms with Crippen molar-refractivity contribution in [2.45, 2.75) is 19.1 Å². The van der Waals surface area contributed by atoms with Crippen molar-refractivity contribution in [2.75, 3.05) is 26.8 Å². The van der Waals surface area contributed by atoms with E-state index in [1.807, 2.05) is 0 Å². The third kappa shape index (κ3) is 2.25. The summed E-state index contributed by atoms with van der Waals surface area (Å²) in [6.45, 7) is 4.63. The van der Waals surface area contributed by atoms with Gasteiger partial charge in [-0.1, -0.05) is 0 Å². The van der Waals surface area contributed by atoms with Crippen LogP contribution in [0.2, 0.25) is 0 Å². The predicted octanol–water partition coefficient (Wildman–Crippen LogP) is 0.00970. The Hall–Kier alpha value is -0.120. The highest BCUT2D eigenvalue weighted by Crippen LogP contribution is 2.02. The fraction of sp³-hybridized carbons (Fsp3) is 1.00. The molecule has 0 aromatic rings. The fourth-order valence-electron chi connectivity index (χ4n) is 1.16. The van der Waals surface area contributed by atoms with Crippen molar-refractivity contribution >= 4 is 0 Å². The molecule has 0 bridgehead atoms. The van der Waals surface area contributed by atoms with Crippen molar-refractivity contribution in [2.24, 2.45) is 0 Å². The van der Waals surface area contributed by atoms with Gasteiger partial charge in [0.15, 0.2) is 0 Å². The van der Waals surface area contributed by atoms with Crippen molar-refractivity contribution in [1.82, 2.24) is 5.32 Å². The quantitative estimate of drug-likeness (QED) is 0.593. The molecule has 0 spiro atoms. The van der Waals surface area contributed by atoms with Crippen LogP contribution in [0.15, 0.2) is 0 Å². The van der Waals surface area contributed by atoms with Crippen molar-refractivity contribution < 1.29 is 9.47 Å². The topological polar surface area (TPSA) is 30.5 Å². The van der Waals surface area contributed by atoms with Gasteiger partial charge in [0.2, 0.25) is 0 Å². The summed E-state index contributed by atoms with van der Waals surface area (Å²) in [5, 5.41) is 3.26. The van der Waals surface area contributed by atoms with Crippen LogP contribution in [0, 0.1) is 0 Å². The molecule has 1 rings (SSSR count). The van der Waals surface area contributed by atoms with Gasteiger partial charge in [0.25, 0.3) is 0 Å². The predicted molar refractivity (Wildman–Crippen MR) is 39.1 cm³/mol.